The number of fused-ring (bicyclic) bond motifs is 2. The van der Waals surface area contributed by atoms with Crippen LogP contribution in [0.15, 0.2) is 154 Å². The number of hydrogen-bond acceptors (Lipinski definition) is 6. The number of rotatable bonds is 7. The van der Waals surface area contributed by atoms with Crippen LogP contribution in [0, 0.1) is 0 Å². The zero-order valence-corrected chi connectivity index (χ0v) is 22.5. The first kappa shape index (κ1) is 26.3. The number of benzene rings is 6. The van der Waals surface area contributed by atoms with E-state index in [9.17, 15) is 10.2 Å². The fraction of sp³-hybridized carbons (Fsp3) is 0. The van der Waals surface area contributed by atoms with Crippen molar-refractivity contribution in [3.05, 3.63) is 156 Å². The average molecular weight is 547 g/mol. The van der Waals surface area contributed by atoms with Crippen molar-refractivity contribution in [2.24, 2.45) is 20.4 Å². The molecule has 0 saturated carbocycles. The van der Waals surface area contributed by atoms with Gasteiger partial charge in [-0.2, -0.15) is 10.2 Å². The van der Waals surface area contributed by atoms with Gasteiger partial charge in [0.15, 0.2) is 0 Å². The molecule has 0 radical (unpaired) electrons. The summed E-state index contributed by atoms with van der Waals surface area (Å²) in [4.78, 5) is 0. The Hall–Kier alpha value is -5.88. The molecule has 202 valence electrons. The third-order valence-corrected chi connectivity index (χ3v) is 6.90. The van der Waals surface area contributed by atoms with E-state index in [4.69, 9.17) is 0 Å². The van der Waals surface area contributed by atoms with E-state index in [1.54, 1.807) is 24.6 Å². The molecular formula is C36H26N4O2. The average Bonchev–Trinajstić information content (AvgIpc) is 3.04. The topological polar surface area (TPSA) is 89.9 Å². The Balaban J connectivity index is 1.48. The number of phenolic OH excluding ortho intramolecular Hbond substituents is 2. The van der Waals surface area contributed by atoms with Crippen molar-refractivity contribution in [3.8, 4) is 11.5 Å². The summed E-state index contributed by atoms with van der Waals surface area (Å²) in [6.45, 7) is 0. The van der Waals surface area contributed by atoms with E-state index in [1.165, 1.54) is 0 Å². The number of aromatic hydroxyl groups is 2. The summed E-state index contributed by atoms with van der Waals surface area (Å²) in [5, 5.41) is 43.0. The van der Waals surface area contributed by atoms with Crippen molar-refractivity contribution >= 4 is 45.4 Å². The second-order valence-electron chi connectivity index (χ2n) is 9.56. The van der Waals surface area contributed by atoms with Crippen LogP contribution in [0.3, 0.4) is 0 Å². The standard InChI is InChI=1S/C36H26N4O2/c41-33-21-19-25-11-7-9-17-29(25)31(33)23-37-39-35(27-13-3-1-4-14-27)36(28-15-5-2-6-16-28)40-38-24-32-30-18-10-8-12-26(30)20-22-34(32)42/h1-24,41-42H/b37-23-,38-24-,39-35-,40-36-. The van der Waals surface area contributed by atoms with Crippen LogP contribution in [-0.2, 0) is 0 Å². The zero-order chi connectivity index (χ0) is 28.7. The SMILES string of the molecule is Oc1ccc2ccccc2c1\C=N/N=C(\C(=N/N=C\c1c(O)ccc2ccccc12)c1ccccc1)c1ccccc1. The molecule has 0 aliphatic heterocycles. The fourth-order valence-corrected chi connectivity index (χ4v) is 4.80. The lowest BCUT2D eigenvalue weighted by Gasteiger charge is -2.09. The molecule has 42 heavy (non-hydrogen) atoms. The van der Waals surface area contributed by atoms with Gasteiger partial charge in [-0.15, -0.1) is 10.2 Å². The van der Waals surface area contributed by atoms with Crippen LogP contribution < -0.4 is 0 Å². The van der Waals surface area contributed by atoms with Gasteiger partial charge in [0.1, 0.15) is 22.9 Å². The van der Waals surface area contributed by atoms with Crippen molar-refractivity contribution in [1.29, 1.82) is 0 Å². The minimum atomic E-state index is 0.116. The van der Waals surface area contributed by atoms with Crippen molar-refractivity contribution in [2.75, 3.05) is 0 Å². The molecule has 6 rings (SSSR count). The molecule has 6 heteroatoms. The summed E-state index contributed by atoms with van der Waals surface area (Å²) >= 11 is 0. The first-order chi connectivity index (χ1) is 20.7. The van der Waals surface area contributed by atoms with E-state index in [1.807, 2.05) is 121 Å². The lowest BCUT2D eigenvalue weighted by atomic mass is 10.00. The predicted octanol–water partition coefficient (Wildman–Crippen LogP) is 7.75. The van der Waals surface area contributed by atoms with Gasteiger partial charge in [-0.05, 0) is 33.7 Å². The molecule has 0 aliphatic carbocycles. The van der Waals surface area contributed by atoms with Crippen molar-refractivity contribution < 1.29 is 10.2 Å². The van der Waals surface area contributed by atoms with E-state index in [0.29, 0.717) is 22.6 Å². The molecular weight excluding hydrogens is 520 g/mol. The monoisotopic (exact) mass is 546 g/mol. The molecule has 0 bridgehead atoms. The molecule has 6 aromatic rings. The molecule has 0 aliphatic rings. The Morgan fingerprint density at radius 1 is 0.429 bits per heavy atom. The Morgan fingerprint density at radius 3 is 1.24 bits per heavy atom. The normalized spacial score (nSPS) is 12.6. The van der Waals surface area contributed by atoms with Crippen LogP contribution in [0.2, 0.25) is 0 Å². The first-order valence-electron chi connectivity index (χ1n) is 13.4. The molecule has 6 nitrogen and oxygen atoms in total. The molecule has 6 aromatic carbocycles. The van der Waals surface area contributed by atoms with Crippen LogP contribution >= 0.6 is 0 Å². The third kappa shape index (κ3) is 5.55. The summed E-state index contributed by atoms with van der Waals surface area (Å²) in [6, 6.07) is 41.9. The predicted molar refractivity (Wildman–Crippen MR) is 172 cm³/mol. The molecule has 0 aromatic heterocycles. The third-order valence-electron chi connectivity index (χ3n) is 6.90. The van der Waals surface area contributed by atoms with E-state index in [0.717, 1.165) is 32.7 Å². The second kappa shape index (κ2) is 12.1. The van der Waals surface area contributed by atoms with E-state index >= 15 is 0 Å². The minimum absolute atomic E-state index is 0.116. The lowest BCUT2D eigenvalue weighted by molar-refractivity contribution is 0.475. The number of hydrogen-bond donors (Lipinski definition) is 2. The van der Waals surface area contributed by atoms with Crippen LogP contribution in [-0.4, -0.2) is 34.1 Å². The van der Waals surface area contributed by atoms with Gasteiger partial charge in [0.05, 0.1) is 12.4 Å². The van der Waals surface area contributed by atoms with E-state index < -0.39 is 0 Å². The van der Waals surface area contributed by atoms with Gasteiger partial charge in [0, 0.05) is 22.3 Å². The summed E-state index contributed by atoms with van der Waals surface area (Å²) in [7, 11) is 0. The molecule has 0 unspecified atom stereocenters. The zero-order valence-electron chi connectivity index (χ0n) is 22.5. The second-order valence-corrected chi connectivity index (χ2v) is 9.56. The number of phenols is 2. The highest BCUT2D eigenvalue weighted by atomic mass is 16.3. The summed E-state index contributed by atoms with van der Waals surface area (Å²) in [5.41, 5.74) is 3.73. The Kier molecular flexibility index (Phi) is 7.59. The number of nitrogens with zero attached hydrogens (tertiary/aromatic N) is 4. The maximum atomic E-state index is 10.6. The van der Waals surface area contributed by atoms with Gasteiger partial charge < -0.3 is 10.2 Å². The van der Waals surface area contributed by atoms with Crippen LogP contribution in [0.4, 0.5) is 0 Å². The van der Waals surface area contributed by atoms with Gasteiger partial charge in [-0.25, -0.2) is 0 Å². The summed E-state index contributed by atoms with van der Waals surface area (Å²) < 4.78 is 0. The van der Waals surface area contributed by atoms with Gasteiger partial charge >= 0.3 is 0 Å². The molecule has 0 atom stereocenters. The molecule has 0 amide bonds. The van der Waals surface area contributed by atoms with Crippen molar-refractivity contribution in [3.63, 3.8) is 0 Å². The van der Waals surface area contributed by atoms with Crippen LogP contribution in [0.25, 0.3) is 21.5 Å². The van der Waals surface area contributed by atoms with Crippen LogP contribution in [0.1, 0.15) is 22.3 Å². The smallest absolute Gasteiger partial charge is 0.125 e. The summed E-state index contributed by atoms with van der Waals surface area (Å²) in [5.74, 6) is 0.232. The highest BCUT2D eigenvalue weighted by Gasteiger charge is 2.15. The van der Waals surface area contributed by atoms with Crippen LogP contribution in [0.5, 0.6) is 11.5 Å². The minimum Gasteiger partial charge on any atom is -0.507 e. The highest BCUT2D eigenvalue weighted by molar-refractivity contribution is 6.53. The van der Waals surface area contributed by atoms with E-state index in [2.05, 4.69) is 20.4 Å². The molecule has 0 heterocycles. The molecule has 0 spiro atoms. The maximum absolute atomic E-state index is 10.6. The lowest BCUT2D eigenvalue weighted by Crippen LogP contribution is -2.17. The Bertz CT molecular complexity index is 1850. The summed E-state index contributed by atoms with van der Waals surface area (Å²) in [6.07, 6.45) is 3.11. The van der Waals surface area contributed by atoms with Crippen molar-refractivity contribution in [2.45, 2.75) is 0 Å². The molecule has 0 saturated heterocycles. The quantitative estimate of drug-likeness (QED) is 0.158. The van der Waals surface area contributed by atoms with Gasteiger partial charge in [0.25, 0.3) is 0 Å². The van der Waals surface area contributed by atoms with Gasteiger partial charge in [-0.3, -0.25) is 0 Å². The largest absolute Gasteiger partial charge is 0.507 e. The molecule has 0 fully saturated rings. The van der Waals surface area contributed by atoms with Crippen molar-refractivity contribution in [1.82, 2.24) is 0 Å². The van der Waals surface area contributed by atoms with Gasteiger partial charge in [0.2, 0.25) is 0 Å². The van der Waals surface area contributed by atoms with Gasteiger partial charge in [-0.1, -0.05) is 121 Å². The maximum Gasteiger partial charge on any atom is 0.125 e. The first-order valence-corrected chi connectivity index (χ1v) is 13.4. The molecule has 2 N–H and O–H groups in total. The Labute approximate surface area is 243 Å². The Morgan fingerprint density at radius 2 is 0.810 bits per heavy atom. The highest BCUT2D eigenvalue weighted by Crippen LogP contribution is 2.27. The fourth-order valence-electron chi connectivity index (χ4n) is 4.80. The van der Waals surface area contributed by atoms with E-state index in [-0.39, 0.29) is 11.5 Å².